The zero-order valence-electron chi connectivity index (χ0n) is 11.7. The normalized spacial score (nSPS) is 17.9. The fourth-order valence-electron chi connectivity index (χ4n) is 1.67. The summed E-state index contributed by atoms with van der Waals surface area (Å²) >= 11 is 11.2. The van der Waals surface area contributed by atoms with Crippen molar-refractivity contribution in [3.63, 3.8) is 0 Å². The van der Waals surface area contributed by atoms with E-state index in [4.69, 9.17) is 32.2 Å². The van der Waals surface area contributed by atoms with Gasteiger partial charge in [-0.3, -0.25) is 9.05 Å². The molecule has 116 valence electrons. The Labute approximate surface area is 126 Å². The van der Waals surface area contributed by atoms with Crippen LogP contribution in [0.15, 0.2) is 0 Å². The number of halogens is 2. The molecule has 4 nitrogen and oxygen atoms in total. The molecule has 0 spiro atoms. The van der Waals surface area contributed by atoms with E-state index in [0.29, 0.717) is 37.4 Å². The molecule has 2 atom stereocenters. The molecule has 0 bridgehead atoms. The average molecular weight is 335 g/mol. The second kappa shape index (κ2) is 11.4. The van der Waals surface area contributed by atoms with Crippen molar-refractivity contribution in [1.82, 2.24) is 0 Å². The van der Waals surface area contributed by atoms with E-state index in [0.717, 1.165) is 12.8 Å². The van der Waals surface area contributed by atoms with Crippen LogP contribution < -0.4 is 0 Å². The minimum absolute atomic E-state index is 0.292. The van der Waals surface area contributed by atoms with Crippen molar-refractivity contribution in [2.24, 2.45) is 0 Å². The first-order chi connectivity index (χ1) is 8.99. The lowest BCUT2D eigenvalue weighted by Crippen LogP contribution is -2.16. The third kappa shape index (κ3) is 10.1. The Morgan fingerprint density at radius 2 is 1.37 bits per heavy atom. The van der Waals surface area contributed by atoms with E-state index in [2.05, 4.69) is 0 Å². The van der Waals surface area contributed by atoms with Gasteiger partial charge < -0.3 is 4.89 Å². The molecule has 0 rings (SSSR count). The van der Waals surface area contributed by atoms with Gasteiger partial charge in [0.1, 0.15) is 0 Å². The first kappa shape index (κ1) is 19.7. The van der Waals surface area contributed by atoms with Crippen LogP contribution in [0.3, 0.4) is 0 Å². The molecule has 0 radical (unpaired) electrons. The second-order valence-electron chi connectivity index (χ2n) is 4.40. The van der Waals surface area contributed by atoms with E-state index in [1.165, 1.54) is 0 Å². The van der Waals surface area contributed by atoms with Crippen molar-refractivity contribution in [3.05, 3.63) is 0 Å². The molecule has 7 heteroatoms. The molecule has 0 aromatic carbocycles. The van der Waals surface area contributed by atoms with Crippen molar-refractivity contribution < 1.29 is 18.5 Å². The zero-order valence-corrected chi connectivity index (χ0v) is 14.1. The van der Waals surface area contributed by atoms with Crippen molar-refractivity contribution in [2.45, 2.75) is 64.6 Å². The molecule has 0 saturated carbocycles. The van der Waals surface area contributed by atoms with E-state index in [-0.39, 0.29) is 12.2 Å². The van der Waals surface area contributed by atoms with Crippen LogP contribution in [0.2, 0.25) is 0 Å². The molecule has 0 amide bonds. The summed E-state index contributed by atoms with van der Waals surface area (Å²) in [7, 11) is -4.00. The SMILES string of the molecule is CCC(CCCCl)OP(=O)(O)OC(CC)CCCCl. The summed E-state index contributed by atoms with van der Waals surface area (Å²) in [5.41, 5.74) is 0. The van der Waals surface area contributed by atoms with Gasteiger partial charge in [0.05, 0.1) is 12.2 Å². The van der Waals surface area contributed by atoms with Gasteiger partial charge in [0.2, 0.25) is 0 Å². The molecular formula is C12H25Cl2O4P. The average Bonchev–Trinajstić information content (AvgIpc) is 2.39. The van der Waals surface area contributed by atoms with Gasteiger partial charge in [-0.25, -0.2) is 4.57 Å². The van der Waals surface area contributed by atoms with Crippen molar-refractivity contribution in [1.29, 1.82) is 0 Å². The molecule has 0 saturated heterocycles. The van der Waals surface area contributed by atoms with Crippen LogP contribution in [0, 0.1) is 0 Å². The maximum atomic E-state index is 11.9. The Morgan fingerprint density at radius 3 is 1.63 bits per heavy atom. The monoisotopic (exact) mass is 334 g/mol. The van der Waals surface area contributed by atoms with Gasteiger partial charge in [-0.05, 0) is 38.5 Å². The lowest BCUT2D eigenvalue weighted by Gasteiger charge is -2.23. The Balaban J connectivity index is 4.29. The van der Waals surface area contributed by atoms with Crippen molar-refractivity contribution >= 4 is 31.0 Å². The first-order valence-corrected chi connectivity index (χ1v) is 9.37. The molecule has 0 fully saturated rings. The predicted octanol–water partition coefficient (Wildman–Crippen LogP) is 4.72. The molecule has 2 unspecified atom stereocenters. The predicted molar refractivity (Wildman–Crippen MR) is 80.1 cm³/mol. The summed E-state index contributed by atoms with van der Waals surface area (Å²) in [6.45, 7) is 3.81. The van der Waals surface area contributed by atoms with Crippen LogP contribution in [-0.4, -0.2) is 28.9 Å². The van der Waals surface area contributed by atoms with Gasteiger partial charge in [0, 0.05) is 11.8 Å². The molecule has 0 aliphatic rings. The van der Waals surface area contributed by atoms with Crippen LogP contribution >= 0.6 is 31.0 Å². The second-order valence-corrected chi connectivity index (χ2v) is 6.52. The molecule has 19 heavy (non-hydrogen) atoms. The summed E-state index contributed by atoms with van der Waals surface area (Å²) in [4.78, 5) is 9.76. The lowest BCUT2D eigenvalue weighted by molar-refractivity contribution is 0.0643. The number of phosphoric ester groups is 1. The Bertz CT molecular complexity index is 244. The third-order valence-corrected chi connectivity index (χ3v) is 4.46. The van der Waals surface area contributed by atoms with Crippen LogP contribution in [-0.2, 0) is 13.6 Å². The quantitative estimate of drug-likeness (QED) is 0.414. The maximum absolute atomic E-state index is 11.9. The van der Waals surface area contributed by atoms with Gasteiger partial charge in [-0.15, -0.1) is 23.2 Å². The highest BCUT2D eigenvalue weighted by Crippen LogP contribution is 2.47. The summed E-state index contributed by atoms with van der Waals surface area (Å²) in [5, 5.41) is 0. The lowest BCUT2D eigenvalue weighted by atomic mass is 10.2. The fraction of sp³-hybridized carbons (Fsp3) is 1.00. The molecule has 0 heterocycles. The molecule has 0 aromatic rings. The van der Waals surface area contributed by atoms with E-state index < -0.39 is 7.82 Å². The van der Waals surface area contributed by atoms with E-state index in [9.17, 15) is 9.46 Å². The van der Waals surface area contributed by atoms with Crippen LogP contribution in [0.1, 0.15) is 52.4 Å². The van der Waals surface area contributed by atoms with E-state index in [1.807, 2.05) is 13.8 Å². The van der Waals surface area contributed by atoms with Gasteiger partial charge in [-0.2, -0.15) is 0 Å². The number of alkyl halides is 2. The van der Waals surface area contributed by atoms with Gasteiger partial charge in [0.15, 0.2) is 0 Å². The zero-order chi connectivity index (χ0) is 14.7. The number of rotatable bonds is 12. The third-order valence-electron chi connectivity index (χ3n) is 2.79. The number of phosphoric acid groups is 1. The number of hydrogen-bond donors (Lipinski definition) is 1. The summed E-state index contributed by atoms with van der Waals surface area (Å²) in [5.74, 6) is 1.04. The van der Waals surface area contributed by atoms with Gasteiger partial charge >= 0.3 is 7.82 Å². The Morgan fingerprint density at radius 1 is 1.00 bits per heavy atom. The minimum Gasteiger partial charge on any atom is -0.302 e. The highest BCUT2D eigenvalue weighted by Gasteiger charge is 2.28. The van der Waals surface area contributed by atoms with Crippen LogP contribution in [0.25, 0.3) is 0 Å². The molecule has 1 N–H and O–H groups in total. The van der Waals surface area contributed by atoms with E-state index in [1.54, 1.807) is 0 Å². The largest absolute Gasteiger partial charge is 0.472 e. The first-order valence-electron chi connectivity index (χ1n) is 6.80. The Kier molecular flexibility index (Phi) is 11.8. The maximum Gasteiger partial charge on any atom is 0.472 e. The van der Waals surface area contributed by atoms with Gasteiger partial charge in [0.25, 0.3) is 0 Å². The molecule has 0 aliphatic heterocycles. The number of hydrogen-bond acceptors (Lipinski definition) is 3. The van der Waals surface area contributed by atoms with Crippen molar-refractivity contribution in [3.8, 4) is 0 Å². The standard InChI is InChI=1S/C12H25Cl2O4P/c1-3-11(7-5-9-13)17-19(15,16)18-12(4-2)8-6-10-14/h11-12H,3-10H2,1-2H3,(H,15,16). The van der Waals surface area contributed by atoms with Crippen molar-refractivity contribution in [2.75, 3.05) is 11.8 Å². The minimum atomic E-state index is -4.00. The van der Waals surface area contributed by atoms with E-state index >= 15 is 0 Å². The van der Waals surface area contributed by atoms with Crippen LogP contribution in [0.5, 0.6) is 0 Å². The summed E-state index contributed by atoms with van der Waals surface area (Å²) in [6, 6.07) is 0. The fourth-order valence-corrected chi connectivity index (χ4v) is 3.29. The van der Waals surface area contributed by atoms with Crippen LogP contribution in [0.4, 0.5) is 0 Å². The topological polar surface area (TPSA) is 55.8 Å². The summed E-state index contributed by atoms with van der Waals surface area (Å²) in [6.07, 6.45) is 3.55. The summed E-state index contributed by atoms with van der Waals surface area (Å²) < 4.78 is 22.3. The smallest absolute Gasteiger partial charge is 0.302 e. The van der Waals surface area contributed by atoms with Gasteiger partial charge in [-0.1, -0.05) is 13.8 Å². The molecule has 0 aromatic heterocycles. The molecular weight excluding hydrogens is 310 g/mol. The highest BCUT2D eigenvalue weighted by atomic mass is 35.5. The Hall–Kier alpha value is 0.690. The molecule has 0 aliphatic carbocycles. The highest BCUT2D eigenvalue weighted by molar-refractivity contribution is 7.47.